The van der Waals surface area contributed by atoms with Gasteiger partial charge < -0.3 is 40.3 Å². The van der Waals surface area contributed by atoms with Gasteiger partial charge in [-0.15, -0.1) is 0 Å². The second-order valence-corrected chi connectivity index (χ2v) is 8.65. The minimum atomic E-state index is -1.90. The zero-order valence-electron chi connectivity index (χ0n) is 19.0. The summed E-state index contributed by atoms with van der Waals surface area (Å²) in [5.74, 6) is 0.598. The van der Waals surface area contributed by atoms with Crippen molar-refractivity contribution in [1.82, 2.24) is 9.97 Å². The van der Waals surface area contributed by atoms with Crippen LogP contribution < -0.4 is 10.1 Å². The van der Waals surface area contributed by atoms with Gasteiger partial charge in [0.1, 0.15) is 48.4 Å². The lowest BCUT2D eigenvalue weighted by atomic mass is 9.94. The lowest BCUT2D eigenvalue weighted by Gasteiger charge is -2.30. The number of aliphatic hydroxyl groups excluding tert-OH is 5. The fourth-order valence-electron chi connectivity index (χ4n) is 3.37. The van der Waals surface area contributed by atoms with E-state index in [1.807, 2.05) is 0 Å². The molecule has 1 unspecified atom stereocenters. The number of aliphatic hydroxyl groups is 5. The zero-order chi connectivity index (χ0) is 25.7. The molecule has 0 amide bonds. The summed E-state index contributed by atoms with van der Waals surface area (Å²) >= 11 is 9.50. The third kappa shape index (κ3) is 5.58. The van der Waals surface area contributed by atoms with Gasteiger partial charge in [-0.2, -0.15) is 0 Å². The van der Waals surface area contributed by atoms with Crippen LogP contribution in [-0.4, -0.2) is 80.7 Å². The van der Waals surface area contributed by atoms with E-state index in [-0.39, 0.29) is 11.3 Å². The molecule has 10 nitrogen and oxygen atoms in total. The Morgan fingerprint density at radius 3 is 2.53 bits per heavy atom. The van der Waals surface area contributed by atoms with E-state index in [0.717, 1.165) is 4.47 Å². The van der Waals surface area contributed by atoms with E-state index in [1.165, 1.54) is 19.5 Å². The number of ether oxygens (including phenoxy) is 2. The minimum Gasteiger partial charge on any atom is -0.496 e. The maximum absolute atomic E-state index is 10.8. The van der Waals surface area contributed by atoms with Crippen LogP contribution >= 0.6 is 27.5 Å². The highest BCUT2D eigenvalue weighted by Gasteiger charge is 2.36. The van der Waals surface area contributed by atoms with Gasteiger partial charge in [0.15, 0.2) is 0 Å². The lowest BCUT2D eigenvalue weighted by Crippen LogP contribution is -2.48. The summed E-state index contributed by atoms with van der Waals surface area (Å²) < 4.78 is 18.0. The molecule has 6 N–H and O–H groups in total. The average molecular weight is 560 g/mol. The van der Waals surface area contributed by atoms with Gasteiger partial charge in [-0.3, -0.25) is 0 Å². The third-order valence-electron chi connectivity index (χ3n) is 5.29. The van der Waals surface area contributed by atoms with Crippen molar-refractivity contribution < 1.29 is 36.4 Å². The number of aromatic nitrogens is 2. The maximum Gasteiger partial charge on any atom is 0.141 e. The molecule has 0 radical (unpaired) electrons. The van der Waals surface area contributed by atoms with Crippen molar-refractivity contribution in [3.8, 4) is 5.75 Å². The Labute approximate surface area is 210 Å². The molecule has 184 valence electrons. The van der Waals surface area contributed by atoms with E-state index in [4.69, 9.17) is 22.4 Å². The molecule has 0 bridgehead atoms. The Balaban J connectivity index is 1.93. The van der Waals surface area contributed by atoms with Crippen LogP contribution in [0.5, 0.6) is 5.75 Å². The van der Waals surface area contributed by atoms with Crippen LogP contribution in [0.4, 0.5) is 11.5 Å². The fraction of sp³-hybridized carbons (Fsp3) is 0.364. The molecule has 0 fully saturated rings. The number of nitrogens with zero attached hydrogens (tertiary/aromatic N) is 2. The highest BCUT2D eigenvalue weighted by molar-refractivity contribution is 9.10. The van der Waals surface area contributed by atoms with Crippen LogP contribution in [0.2, 0.25) is 5.02 Å². The summed E-state index contributed by atoms with van der Waals surface area (Å²) in [7, 11) is 0.791. The van der Waals surface area contributed by atoms with Crippen molar-refractivity contribution in [1.29, 1.82) is 0 Å². The van der Waals surface area contributed by atoms with Crippen molar-refractivity contribution in [2.75, 3.05) is 26.1 Å². The second kappa shape index (κ2) is 11.6. The Bertz CT molecular complexity index is 1160. The highest BCUT2D eigenvalue weighted by Crippen LogP contribution is 2.36. The quantitative estimate of drug-likeness (QED) is 0.217. The van der Waals surface area contributed by atoms with E-state index >= 15 is 0 Å². The second-order valence-electron chi connectivity index (χ2n) is 7.39. The summed E-state index contributed by atoms with van der Waals surface area (Å²) in [6.45, 7) is -0.699. The normalized spacial score (nSPS) is 16.4. The van der Waals surface area contributed by atoms with Crippen LogP contribution in [0.25, 0.3) is 10.9 Å². The number of hydrogen-bond donors (Lipinski definition) is 6. The number of fused-ring (bicyclic) bond motifs is 1. The predicted octanol–water partition coefficient (Wildman–Crippen LogP) is 1.92. The first kappa shape index (κ1) is 25.0. The van der Waals surface area contributed by atoms with Crippen LogP contribution in [0.15, 0.2) is 41.1 Å². The number of halogens is 2. The van der Waals surface area contributed by atoms with Gasteiger partial charge in [0, 0.05) is 28.2 Å². The number of nitrogens with one attached hydrogen (secondary N) is 1. The summed E-state index contributed by atoms with van der Waals surface area (Å²) in [6.07, 6.45) is -7.27. The monoisotopic (exact) mass is 558 g/mol. The molecule has 0 spiro atoms. The number of methoxy groups -OCH3 is 2. The van der Waals surface area contributed by atoms with Gasteiger partial charge >= 0.3 is 0 Å². The van der Waals surface area contributed by atoms with E-state index in [9.17, 15) is 25.5 Å². The predicted molar refractivity (Wildman–Crippen MR) is 129 cm³/mol. The van der Waals surface area contributed by atoms with Crippen molar-refractivity contribution >= 4 is 49.9 Å². The minimum absolute atomic E-state index is 0.0945. The van der Waals surface area contributed by atoms with Crippen molar-refractivity contribution in [3.05, 3.63) is 51.7 Å². The Morgan fingerprint density at radius 1 is 1.12 bits per heavy atom. The third-order valence-corrected chi connectivity index (χ3v) is 6.52. The first-order chi connectivity index (χ1) is 16.7. The van der Waals surface area contributed by atoms with E-state index in [1.54, 1.807) is 24.3 Å². The number of anilines is 2. The molecule has 12 heteroatoms. The lowest BCUT2D eigenvalue weighted by molar-refractivity contribution is -0.148. The maximum atomic E-state index is 10.8. The largest absolute Gasteiger partial charge is 0.496 e. The van der Waals surface area contributed by atoms with Crippen molar-refractivity contribution in [3.63, 3.8) is 0 Å². The summed E-state index contributed by atoms with van der Waals surface area (Å²) in [5.41, 5.74) is 1.16. The first-order valence-electron chi connectivity index (χ1n) is 10.7. The summed E-state index contributed by atoms with van der Waals surface area (Å²) in [5, 5.41) is 55.4. The van der Waals surface area contributed by atoms with Gasteiger partial charge in [0.2, 0.25) is 0 Å². The molecular weight excluding hydrogens is 534 g/mol. The Kier molecular flexibility index (Phi) is 8.51. The van der Waals surface area contributed by atoms with Gasteiger partial charge in [0.25, 0.3) is 0 Å². The molecule has 0 saturated heterocycles. The molecule has 1 heterocycles. The van der Waals surface area contributed by atoms with Crippen LogP contribution in [0.3, 0.4) is 0 Å². The molecule has 0 aliphatic heterocycles. The Morgan fingerprint density at radius 2 is 1.88 bits per heavy atom. The van der Waals surface area contributed by atoms with Crippen LogP contribution in [0, 0.1) is 0 Å². The van der Waals surface area contributed by atoms with Crippen LogP contribution in [0.1, 0.15) is 13.0 Å². The van der Waals surface area contributed by atoms with E-state index < -0.39 is 44.2 Å². The van der Waals surface area contributed by atoms with E-state index in [2.05, 4.69) is 31.2 Å². The van der Waals surface area contributed by atoms with Crippen molar-refractivity contribution in [2.24, 2.45) is 0 Å². The molecule has 5 atom stereocenters. The molecule has 2 aromatic carbocycles. The van der Waals surface area contributed by atoms with Gasteiger partial charge in [-0.05, 0) is 46.3 Å². The molecule has 0 aliphatic rings. The highest BCUT2D eigenvalue weighted by atomic mass is 79.9. The molecule has 3 aromatic rings. The van der Waals surface area contributed by atoms with Gasteiger partial charge in [-0.25, -0.2) is 9.97 Å². The summed E-state index contributed by atoms with van der Waals surface area (Å²) in [4.78, 5) is 8.49. The molecule has 34 heavy (non-hydrogen) atoms. The Hall–Kier alpha value is -2.09. The van der Waals surface area contributed by atoms with Crippen molar-refractivity contribution in [2.45, 2.75) is 30.5 Å². The molecule has 0 saturated carbocycles. The first-order valence-corrected chi connectivity index (χ1v) is 11.2. The number of benzene rings is 2. The molecular formula is C22H25BrClN3O7. The zero-order valence-corrected chi connectivity index (χ0v) is 20.3. The molecule has 1 aromatic heterocycles. The van der Waals surface area contributed by atoms with Gasteiger partial charge in [-0.1, -0.05) is 11.6 Å². The van der Waals surface area contributed by atoms with Crippen LogP contribution in [-0.2, 0) is 4.74 Å². The number of hydrogen-bond acceptors (Lipinski definition) is 10. The SMILES string of the molecule is [2H]CO[C@H](CO)[C@@H](O)[C@H](O)[C@@H](O)C(O)c1cc2ncnc(Nc3ccc(Br)c(Cl)c3)c2cc1OC. The number of rotatable bonds is 10. The molecule has 0 aliphatic carbocycles. The smallest absolute Gasteiger partial charge is 0.141 e. The van der Waals surface area contributed by atoms with Gasteiger partial charge in [0.05, 0.1) is 25.6 Å². The van der Waals surface area contributed by atoms with E-state index in [0.29, 0.717) is 27.4 Å². The fourth-order valence-corrected chi connectivity index (χ4v) is 3.80. The standard InChI is InChI=1S/C22H25BrClN3O7/c1-33-16-7-11-15(25-9-26-22(11)27-10-3-4-13(23)14(24)5-10)6-12(16)18(29)20(31)21(32)19(30)17(8-28)34-2/h3-7,9,17-21,28-32H,8H2,1-2H3,(H,25,26,27)/t17-,18?,19-,20+,21+/m1/s1/i2D. The molecule has 3 rings (SSSR count). The summed E-state index contributed by atoms with van der Waals surface area (Å²) in [6, 6.07) is 8.31. The average Bonchev–Trinajstić information content (AvgIpc) is 2.87. The topological polar surface area (TPSA) is 157 Å².